The van der Waals surface area contributed by atoms with Crippen LogP contribution in [0.3, 0.4) is 0 Å². The third-order valence-electron chi connectivity index (χ3n) is 15.8. The molecule has 0 saturated heterocycles. The molecule has 0 aliphatic rings. The number of hydrogen-bond donors (Lipinski definition) is 12. The lowest BCUT2D eigenvalue weighted by Crippen LogP contribution is -2.47. The minimum atomic E-state index is -2.33. The van der Waals surface area contributed by atoms with Crippen molar-refractivity contribution in [2.24, 2.45) is 0 Å². The zero-order chi connectivity index (χ0) is 70.5. The first-order valence-electron chi connectivity index (χ1n) is 33.0. The number of quaternary nitrogens is 2. The maximum atomic E-state index is 8.33. The van der Waals surface area contributed by atoms with Crippen LogP contribution in [0.2, 0.25) is 0 Å². The molecule has 6 aromatic rings. The predicted molar refractivity (Wildman–Crippen MR) is 427 cm³/mol. The topological polar surface area (TPSA) is 214 Å². The minimum absolute atomic E-state index is 0.601. The van der Waals surface area contributed by atoms with E-state index in [0.717, 1.165) is 73.4 Å². The van der Waals surface area contributed by atoms with Crippen LogP contribution in [0.15, 0.2) is 182 Å². The predicted octanol–water partition coefficient (Wildman–Crippen LogP) is 9.82. The van der Waals surface area contributed by atoms with Gasteiger partial charge in [0, 0.05) is 113 Å². The summed E-state index contributed by atoms with van der Waals surface area (Å²) >= 11 is 32.6. The van der Waals surface area contributed by atoms with Crippen molar-refractivity contribution >= 4 is 144 Å². The number of benzene rings is 6. The standard InChI is InChI=1S/2C27H33N7S3.2C8H20N.CH2O3/c2*35-25(31-22-10-4-1-5-11-22)28-16-19-34(20-17-29-26(36)32-23-12-6-2-7-13-23)21-18-30-27(37)33-24-14-8-3-9-15-24;2*1-5-9(6-2,7-3)8-4;2-1(3)4/h2*1-15H,16-21H2,(H2,28,31,35)(H2,29,32,36)(H2,30,33,37);2*5-8H2,1-4H3;(H2,2,3,4)/q;;2*+1;/p-2. The fourth-order valence-electron chi connectivity index (χ4n) is 9.50. The number of carboxylic acid groups (broad SMARTS) is 2. The molecular weight excluding hydrogens is 1320 g/mol. The third-order valence-corrected chi connectivity index (χ3v) is 17.3. The number of nitrogens with one attached hydrogen (secondary N) is 12. The highest BCUT2D eigenvalue weighted by Crippen LogP contribution is 2.10. The van der Waals surface area contributed by atoms with Crippen LogP contribution in [-0.4, -0.2) is 186 Å². The third kappa shape index (κ3) is 40.8. The van der Waals surface area contributed by atoms with E-state index < -0.39 is 6.16 Å². The monoisotopic (exact) mass is 1420 g/mol. The second-order valence-electron chi connectivity index (χ2n) is 21.6. The van der Waals surface area contributed by atoms with Gasteiger partial charge in [0.15, 0.2) is 30.7 Å². The van der Waals surface area contributed by atoms with Gasteiger partial charge in [0.25, 0.3) is 0 Å². The van der Waals surface area contributed by atoms with Crippen LogP contribution >= 0.6 is 73.3 Å². The van der Waals surface area contributed by atoms with Gasteiger partial charge in [-0.05, 0) is 208 Å². The van der Waals surface area contributed by atoms with E-state index >= 15 is 0 Å². The number of hydrogen-bond acceptors (Lipinski definition) is 11. The first kappa shape index (κ1) is 84.7. The lowest BCUT2D eigenvalue weighted by atomic mass is 10.3. The molecule has 0 fully saturated rings. The van der Waals surface area contributed by atoms with Crippen molar-refractivity contribution in [3.05, 3.63) is 182 Å². The maximum absolute atomic E-state index is 8.33. The number of anilines is 6. The molecular formula is C71H106N16O3S6. The molecule has 6 aromatic carbocycles. The summed E-state index contributed by atoms with van der Waals surface area (Å²) in [6, 6.07) is 59.3. The van der Waals surface area contributed by atoms with Crippen molar-refractivity contribution in [1.29, 1.82) is 0 Å². The normalized spacial score (nSPS) is 10.4. The van der Waals surface area contributed by atoms with Crippen LogP contribution in [0.5, 0.6) is 0 Å². The molecule has 0 amide bonds. The first-order valence-corrected chi connectivity index (χ1v) is 35.5. The van der Waals surface area contributed by atoms with Gasteiger partial charge in [-0.1, -0.05) is 109 Å². The van der Waals surface area contributed by atoms with Gasteiger partial charge >= 0.3 is 0 Å². The van der Waals surface area contributed by atoms with Crippen LogP contribution in [0, 0.1) is 0 Å². The molecule has 96 heavy (non-hydrogen) atoms. The molecule has 0 radical (unpaired) electrons. The van der Waals surface area contributed by atoms with Gasteiger partial charge in [-0.25, -0.2) is 0 Å². The molecule has 0 heterocycles. The van der Waals surface area contributed by atoms with Gasteiger partial charge in [0.05, 0.1) is 52.4 Å². The quantitative estimate of drug-likeness (QED) is 0.0140. The minimum Gasteiger partial charge on any atom is -0.652 e. The second-order valence-corrected chi connectivity index (χ2v) is 24.1. The molecule has 19 nitrogen and oxygen atoms in total. The molecule has 0 unspecified atom stereocenters. The average molecular weight is 1420 g/mol. The summed E-state index contributed by atoms with van der Waals surface area (Å²) in [6.07, 6.45) is -2.33. The summed E-state index contributed by atoms with van der Waals surface area (Å²) in [6.45, 7) is 37.5. The zero-order valence-electron chi connectivity index (χ0n) is 57.4. The van der Waals surface area contributed by atoms with E-state index in [-0.39, 0.29) is 0 Å². The molecule has 0 atom stereocenters. The summed E-state index contributed by atoms with van der Waals surface area (Å²) in [5, 5.41) is 59.2. The highest BCUT2D eigenvalue weighted by atomic mass is 32.1. The van der Waals surface area contributed by atoms with E-state index in [1.165, 1.54) is 61.3 Å². The average Bonchev–Trinajstić information content (AvgIpc) is 2.52. The van der Waals surface area contributed by atoms with Crippen LogP contribution in [0.25, 0.3) is 0 Å². The Kier molecular flexibility index (Phi) is 46.5. The van der Waals surface area contributed by atoms with Crippen molar-refractivity contribution in [1.82, 2.24) is 41.7 Å². The fourth-order valence-corrected chi connectivity index (χ4v) is 10.8. The number of para-hydroxylation sites is 6. The van der Waals surface area contributed by atoms with Crippen LogP contribution in [-0.2, 0) is 0 Å². The Balaban J connectivity index is 0.000000497. The zero-order valence-corrected chi connectivity index (χ0v) is 62.3. The van der Waals surface area contributed by atoms with Crippen molar-refractivity contribution in [2.75, 3.05) is 163 Å². The Bertz CT molecular complexity index is 2520. The molecule has 25 heteroatoms. The van der Waals surface area contributed by atoms with Gasteiger partial charge in [-0.2, -0.15) is 0 Å². The largest absolute Gasteiger partial charge is 0.652 e. The Morgan fingerprint density at radius 1 is 0.281 bits per heavy atom. The van der Waals surface area contributed by atoms with Gasteiger partial charge in [0.1, 0.15) is 0 Å². The summed E-state index contributed by atoms with van der Waals surface area (Å²) in [4.78, 5) is 13.0. The summed E-state index contributed by atoms with van der Waals surface area (Å²) in [5.41, 5.74) is 5.77. The Hall–Kier alpha value is -7.43. The molecule has 0 aromatic heterocycles. The van der Waals surface area contributed by atoms with Crippen LogP contribution < -0.4 is 74.0 Å². The molecule has 0 aliphatic carbocycles. The summed E-state index contributed by atoms with van der Waals surface area (Å²) in [7, 11) is 0. The van der Waals surface area contributed by atoms with Crippen LogP contribution in [0.1, 0.15) is 55.4 Å². The van der Waals surface area contributed by atoms with E-state index in [2.05, 4.69) is 129 Å². The Morgan fingerprint density at radius 3 is 0.510 bits per heavy atom. The van der Waals surface area contributed by atoms with E-state index in [1.807, 2.05) is 182 Å². The van der Waals surface area contributed by atoms with Crippen molar-refractivity contribution in [3.8, 4) is 0 Å². The van der Waals surface area contributed by atoms with E-state index in [4.69, 9.17) is 88.3 Å². The number of rotatable bonds is 32. The summed E-state index contributed by atoms with van der Waals surface area (Å²) < 4.78 is 2.56. The van der Waals surface area contributed by atoms with E-state index in [1.54, 1.807) is 0 Å². The molecule has 524 valence electrons. The maximum Gasteiger partial charge on any atom is 0.170 e. The highest BCUT2D eigenvalue weighted by molar-refractivity contribution is 7.81. The molecule has 6 rings (SSSR count). The van der Waals surface area contributed by atoms with Crippen molar-refractivity contribution in [2.45, 2.75) is 55.4 Å². The number of thiocarbonyl (C=S) groups is 6. The Labute approximate surface area is 605 Å². The van der Waals surface area contributed by atoms with Gasteiger partial charge < -0.3 is 87.8 Å². The number of nitrogens with zero attached hydrogens (tertiary/aromatic N) is 4. The molecule has 12 N–H and O–H groups in total. The van der Waals surface area contributed by atoms with Crippen molar-refractivity contribution in [3.63, 3.8) is 0 Å². The molecule has 0 bridgehead atoms. The number of carbonyl (C=O) groups is 1. The SMILES string of the molecule is CC[N+](CC)(CC)CC.CC[N+](CC)(CC)CC.O=C([O-])[O-].S=C(NCCN(CCNC(=S)Nc1ccccc1)CCNC(=S)Nc1ccccc1)Nc1ccccc1.S=C(NCCN(CCNC(=S)Nc1ccccc1)CCNC(=S)Nc1ccccc1)Nc1ccccc1. The van der Waals surface area contributed by atoms with E-state index in [9.17, 15) is 0 Å². The first-order chi connectivity index (χ1) is 46.4. The fraction of sp³-hybridized carbons (Fsp3) is 0.394. The molecule has 0 spiro atoms. The van der Waals surface area contributed by atoms with Gasteiger partial charge in [-0.15, -0.1) is 0 Å². The molecule has 0 aliphatic heterocycles. The smallest absolute Gasteiger partial charge is 0.170 e. The second kappa shape index (κ2) is 52.7. The lowest BCUT2D eigenvalue weighted by molar-refractivity contribution is -0.921. The van der Waals surface area contributed by atoms with Crippen molar-refractivity contribution < 1.29 is 24.0 Å². The van der Waals surface area contributed by atoms with Gasteiger partial charge in [0.2, 0.25) is 0 Å². The van der Waals surface area contributed by atoms with E-state index in [0.29, 0.717) is 69.9 Å². The summed E-state index contributed by atoms with van der Waals surface area (Å²) in [5.74, 6) is 0. The number of carbonyl (C=O) groups excluding carboxylic acids is 1. The van der Waals surface area contributed by atoms with Crippen LogP contribution in [0.4, 0.5) is 38.9 Å². The molecule has 0 saturated carbocycles. The van der Waals surface area contributed by atoms with Gasteiger partial charge in [-0.3, -0.25) is 9.80 Å². The Morgan fingerprint density at radius 2 is 0.406 bits per heavy atom. The highest BCUT2D eigenvalue weighted by Gasteiger charge is 2.17. The lowest BCUT2D eigenvalue weighted by Gasteiger charge is -2.34.